The van der Waals surface area contributed by atoms with Crippen molar-refractivity contribution in [2.24, 2.45) is 5.92 Å². The van der Waals surface area contributed by atoms with Crippen molar-refractivity contribution in [3.8, 4) is 0 Å². The van der Waals surface area contributed by atoms with Gasteiger partial charge in [0.25, 0.3) is 11.6 Å². The van der Waals surface area contributed by atoms with Gasteiger partial charge in [0.15, 0.2) is 0 Å². The lowest BCUT2D eigenvalue weighted by molar-refractivity contribution is -0.384. The molecule has 1 aromatic heterocycles. The summed E-state index contributed by atoms with van der Waals surface area (Å²) in [4.78, 5) is 36.2. The predicted molar refractivity (Wildman–Crippen MR) is 97.9 cm³/mol. The molecule has 8 heteroatoms. The highest BCUT2D eigenvalue weighted by atomic mass is 32.1. The average Bonchev–Trinajstić information content (AvgIpc) is 3.03. The quantitative estimate of drug-likeness (QED) is 0.635. The Morgan fingerprint density at radius 1 is 1.27 bits per heavy atom. The molecule has 0 saturated heterocycles. The largest absolute Gasteiger partial charge is 0.279 e. The molecule has 136 valence electrons. The number of benzene rings is 1. The zero-order valence-corrected chi connectivity index (χ0v) is 15.1. The van der Waals surface area contributed by atoms with Gasteiger partial charge in [-0.3, -0.25) is 30.6 Å². The number of fused-ring (bicyclic) bond motifs is 1. The first-order chi connectivity index (χ1) is 12.4. The molecule has 0 aliphatic heterocycles. The van der Waals surface area contributed by atoms with E-state index in [0.717, 1.165) is 19.3 Å². The number of carbonyl (C=O) groups excluding carboxylic acids is 2. The molecule has 0 unspecified atom stereocenters. The fourth-order valence-electron chi connectivity index (χ4n) is 2.97. The van der Waals surface area contributed by atoms with Crippen LogP contribution in [0.25, 0.3) is 0 Å². The third kappa shape index (κ3) is 4.26. The number of hydrogen-bond donors (Lipinski definition) is 2. The molecule has 7 nitrogen and oxygen atoms in total. The highest BCUT2D eigenvalue weighted by Crippen LogP contribution is 2.32. The van der Waals surface area contributed by atoms with Crippen molar-refractivity contribution >= 4 is 28.8 Å². The Kier molecular flexibility index (Phi) is 5.32. The summed E-state index contributed by atoms with van der Waals surface area (Å²) in [5.74, 6) is -0.0781. The number of carbonyl (C=O) groups is 2. The molecule has 1 aromatic carbocycles. The van der Waals surface area contributed by atoms with E-state index in [1.54, 1.807) is 0 Å². The minimum atomic E-state index is -0.495. The van der Waals surface area contributed by atoms with Gasteiger partial charge in [0.05, 0.1) is 16.2 Å². The van der Waals surface area contributed by atoms with Gasteiger partial charge in [0.1, 0.15) is 0 Å². The van der Waals surface area contributed by atoms with Crippen molar-refractivity contribution in [1.29, 1.82) is 0 Å². The normalized spacial score (nSPS) is 15.8. The van der Waals surface area contributed by atoms with Crippen molar-refractivity contribution in [1.82, 2.24) is 10.9 Å². The lowest BCUT2D eigenvalue weighted by Gasteiger charge is -2.16. The molecule has 1 aliphatic carbocycles. The molecule has 2 aromatic rings. The molecule has 0 saturated carbocycles. The van der Waals surface area contributed by atoms with E-state index in [1.807, 2.05) is 6.07 Å². The molecule has 2 N–H and O–H groups in total. The van der Waals surface area contributed by atoms with Gasteiger partial charge < -0.3 is 0 Å². The Labute approximate surface area is 154 Å². The van der Waals surface area contributed by atoms with Crippen LogP contribution in [0.4, 0.5) is 5.69 Å². The first kappa shape index (κ1) is 18.1. The topological polar surface area (TPSA) is 101 Å². The number of non-ortho nitro benzene ring substituents is 1. The van der Waals surface area contributed by atoms with Crippen molar-refractivity contribution in [3.05, 3.63) is 61.3 Å². The molecule has 0 fully saturated rings. The van der Waals surface area contributed by atoms with Crippen LogP contribution < -0.4 is 10.9 Å². The number of rotatable bonds is 4. The molecule has 1 heterocycles. The van der Waals surface area contributed by atoms with Crippen molar-refractivity contribution in [2.45, 2.75) is 32.6 Å². The smallest absolute Gasteiger partial charge is 0.273 e. The molecule has 1 aliphatic rings. The van der Waals surface area contributed by atoms with E-state index in [4.69, 9.17) is 0 Å². The zero-order valence-electron chi connectivity index (χ0n) is 14.3. The number of aryl methyl sites for hydroxylation is 1. The van der Waals surface area contributed by atoms with E-state index in [1.165, 1.54) is 46.0 Å². The summed E-state index contributed by atoms with van der Waals surface area (Å²) in [7, 11) is 0. The van der Waals surface area contributed by atoms with Crippen LogP contribution in [-0.4, -0.2) is 16.7 Å². The minimum absolute atomic E-state index is 0.0245. The number of nitrogens with one attached hydrogen (secondary N) is 2. The van der Waals surface area contributed by atoms with Crippen molar-refractivity contribution < 1.29 is 14.5 Å². The van der Waals surface area contributed by atoms with Gasteiger partial charge in [0, 0.05) is 17.0 Å². The predicted octanol–water partition coefficient (Wildman–Crippen LogP) is 2.78. The molecule has 1 atom stereocenters. The first-order valence-electron chi connectivity index (χ1n) is 8.36. The zero-order chi connectivity index (χ0) is 18.7. The van der Waals surface area contributed by atoms with E-state index in [-0.39, 0.29) is 23.9 Å². The fraction of sp³-hybridized carbons (Fsp3) is 0.333. The van der Waals surface area contributed by atoms with E-state index in [9.17, 15) is 19.7 Å². The van der Waals surface area contributed by atoms with Gasteiger partial charge in [-0.05, 0) is 42.4 Å². The molecular weight excluding hydrogens is 354 g/mol. The Hall–Kier alpha value is -2.74. The molecule has 3 rings (SSSR count). The number of amides is 2. The third-order valence-corrected chi connectivity index (χ3v) is 5.62. The summed E-state index contributed by atoms with van der Waals surface area (Å²) in [6, 6.07) is 7.65. The number of hydrogen-bond acceptors (Lipinski definition) is 5. The Balaban J connectivity index is 1.52. The maximum Gasteiger partial charge on any atom is 0.279 e. The lowest BCUT2D eigenvalue weighted by Crippen LogP contribution is -2.42. The van der Waals surface area contributed by atoms with Gasteiger partial charge in [-0.1, -0.05) is 19.1 Å². The average molecular weight is 373 g/mol. The summed E-state index contributed by atoms with van der Waals surface area (Å²) in [5, 5.41) is 10.6. The monoisotopic (exact) mass is 373 g/mol. The number of thiophene rings is 1. The molecule has 0 spiro atoms. The van der Waals surface area contributed by atoms with Crippen molar-refractivity contribution in [2.75, 3.05) is 0 Å². The van der Waals surface area contributed by atoms with E-state index < -0.39 is 4.92 Å². The molecule has 26 heavy (non-hydrogen) atoms. The van der Waals surface area contributed by atoms with Gasteiger partial charge in [-0.2, -0.15) is 0 Å². The Morgan fingerprint density at radius 2 is 2.00 bits per heavy atom. The van der Waals surface area contributed by atoms with E-state index >= 15 is 0 Å². The van der Waals surface area contributed by atoms with Gasteiger partial charge >= 0.3 is 0 Å². The Morgan fingerprint density at radius 3 is 2.69 bits per heavy atom. The highest BCUT2D eigenvalue weighted by Gasteiger charge is 2.20. The van der Waals surface area contributed by atoms with E-state index in [2.05, 4.69) is 17.8 Å². The second-order valence-electron chi connectivity index (χ2n) is 6.51. The summed E-state index contributed by atoms with van der Waals surface area (Å²) in [6.07, 6.45) is 3.16. The molecule has 2 amide bonds. The lowest BCUT2D eigenvalue weighted by atomic mass is 9.90. The standard InChI is InChI=1S/C18H19N3O4S/c1-11-2-7-15-13(8-11)10-16(26-15)18(23)20-19-17(22)9-12-3-5-14(6-4-12)21(24)25/h3-6,10-11H,2,7-9H2,1H3,(H,19,22)(H,20,23)/t11-/m0/s1. The first-order valence-corrected chi connectivity index (χ1v) is 9.18. The van der Waals surface area contributed by atoms with Gasteiger partial charge in [-0.25, -0.2) is 0 Å². The van der Waals surface area contributed by atoms with Gasteiger partial charge in [0.2, 0.25) is 5.91 Å². The van der Waals surface area contributed by atoms with Crippen LogP contribution in [0.3, 0.4) is 0 Å². The van der Waals surface area contributed by atoms with Crippen LogP contribution in [0, 0.1) is 16.0 Å². The molecular formula is C18H19N3O4S. The second kappa shape index (κ2) is 7.65. The third-order valence-electron chi connectivity index (χ3n) is 4.38. The second-order valence-corrected chi connectivity index (χ2v) is 7.65. The number of hydrazine groups is 1. The van der Waals surface area contributed by atoms with Crippen LogP contribution in [0.5, 0.6) is 0 Å². The summed E-state index contributed by atoms with van der Waals surface area (Å²) in [6.45, 7) is 2.21. The highest BCUT2D eigenvalue weighted by molar-refractivity contribution is 7.14. The maximum absolute atomic E-state index is 12.2. The van der Waals surface area contributed by atoms with Crippen LogP contribution in [0.1, 0.15) is 39.0 Å². The van der Waals surface area contributed by atoms with Crippen molar-refractivity contribution in [3.63, 3.8) is 0 Å². The van der Waals surface area contributed by atoms with Gasteiger partial charge in [-0.15, -0.1) is 11.3 Å². The van der Waals surface area contributed by atoms with E-state index in [0.29, 0.717) is 16.4 Å². The van der Waals surface area contributed by atoms with Crippen LogP contribution in [0.2, 0.25) is 0 Å². The maximum atomic E-state index is 12.2. The molecule has 0 bridgehead atoms. The summed E-state index contributed by atoms with van der Waals surface area (Å²) < 4.78 is 0. The van der Waals surface area contributed by atoms with Crippen LogP contribution in [0.15, 0.2) is 30.3 Å². The SMILES string of the molecule is C[C@H]1CCc2sc(C(=O)NNC(=O)Cc3ccc([N+](=O)[O-])cc3)cc2C1. The fourth-order valence-corrected chi connectivity index (χ4v) is 4.07. The number of nitro benzene ring substituents is 1. The molecule has 0 radical (unpaired) electrons. The van der Waals surface area contributed by atoms with Crippen LogP contribution >= 0.6 is 11.3 Å². The Bertz CT molecular complexity index is 845. The minimum Gasteiger partial charge on any atom is -0.273 e. The van der Waals surface area contributed by atoms with Crippen LogP contribution in [-0.2, 0) is 24.1 Å². The summed E-state index contributed by atoms with van der Waals surface area (Å²) in [5.41, 5.74) is 6.65. The summed E-state index contributed by atoms with van der Waals surface area (Å²) >= 11 is 1.48. The number of nitrogens with zero attached hydrogens (tertiary/aromatic N) is 1. The number of nitro groups is 1.